The van der Waals surface area contributed by atoms with E-state index in [-0.39, 0.29) is 24.0 Å². The van der Waals surface area contributed by atoms with Gasteiger partial charge in [-0.15, -0.1) is 24.0 Å². The van der Waals surface area contributed by atoms with Crippen LogP contribution in [0.5, 0.6) is 0 Å². The van der Waals surface area contributed by atoms with Crippen LogP contribution in [-0.2, 0) is 11.2 Å². The third-order valence-electron chi connectivity index (χ3n) is 4.15. The van der Waals surface area contributed by atoms with Crippen LogP contribution >= 0.6 is 35.6 Å². The molecule has 1 unspecified atom stereocenters. The van der Waals surface area contributed by atoms with E-state index in [1.807, 2.05) is 12.1 Å². The van der Waals surface area contributed by atoms with E-state index < -0.39 is 0 Å². The number of halogens is 2. The van der Waals surface area contributed by atoms with Crippen molar-refractivity contribution in [2.75, 3.05) is 45.9 Å². The fraction of sp³-hybridized carbons (Fsp3) is 0.611. The Kier molecular flexibility index (Phi) is 11.4. The van der Waals surface area contributed by atoms with E-state index in [0.29, 0.717) is 6.04 Å². The molecular formula is C18H30ClIN4O. The number of hydrogen-bond acceptors (Lipinski definition) is 3. The molecule has 1 aromatic carbocycles. The van der Waals surface area contributed by atoms with Crippen molar-refractivity contribution in [2.45, 2.75) is 26.3 Å². The molecule has 1 atom stereocenters. The number of morpholine rings is 1. The molecule has 25 heavy (non-hydrogen) atoms. The highest BCUT2D eigenvalue weighted by molar-refractivity contribution is 14.0. The molecule has 0 amide bonds. The molecule has 0 bridgehead atoms. The normalized spacial score (nSPS) is 16.8. The van der Waals surface area contributed by atoms with E-state index in [4.69, 9.17) is 21.3 Å². The van der Waals surface area contributed by atoms with Crippen LogP contribution in [0.2, 0.25) is 5.02 Å². The quantitative estimate of drug-likeness (QED) is 0.358. The smallest absolute Gasteiger partial charge is 0.191 e. The second kappa shape index (κ2) is 12.7. The lowest BCUT2D eigenvalue weighted by Crippen LogP contribution is -2.44. The van der Waals surface area contributed by atoms with Crippen LogP contribution in [0.25, 0.3) is 0 Å². The Bertz CT molecular complexity index is 506. The molecule has 5 nitrogen and oxygen atoms in total. The number of nitrogens with one attached hydrogen (secondary N) is 2. The van der Waals surface area contributed by atoms with Crippen LogP contribution in [0.4, 0.5) is 0 Å². The summed E-state index contributed by atoms with van der Waals surface area (Å²) in [7, 11) is 0. The van der Waals surface area contributed by atoms with Gasteiger partial charge in [-0.1, -0.05) is 23.7 Å². The van der Waals surface area contributed by atoms with E-state index >= 15 is 0 Å². The lowest BCUT2D eigenvalue weighted by atomic mass is 10.1. The van der Waals surface area contributed by atoms with Crippen LogP contribution in [-0.4, -0.2) is 62.8 Å². The SMILES string of the molecule is CCNC(=NCC(C)N1CCOCC1)NCCc1ccc(Cl)cc1.I. The van der Waals surface area contributed by atoms with Gasteiger partial charge in [0.1, 0.15) is 0 Å². The van der Waals surface area contributed by atoms with Gasteiger partial charge in [-0.25, -0.2) is 0 Å². The Hall–Kier alpha value is -0.570. The van der Waals surface area contributed by atoms with Crippen molar-refractivity contribution in [3.05, 3.63) is 34.9 Å². The van der Waals surface area contributed by atoms with Gasteiger partial charge in [0.05, 0.1) is 19.8 Å². The molecule has 1 aliphatic rings. The molecule has 2 N–H and O–H groups in total. The van der Waals surface area contributed by atoms with E-state index in [9.17, 15) is 0 Å². The second-order valence-electron chi connectivity index (χ2n) is 6.02. The highest BCUT2D eigenvalue weighted by Gasteiger charge is 2.16. The van der Waals surface area contributed by atoms with Gasteiger partial charge in [-0.2, -0.15) is 0 Å². The molecule has 1 saturated heterocycles. The van der Waals surface area contributed by atoms with Crippen LogP contribution in [0.3, 0.4) is 0 Å². The zero-order valence-electron chi connectivity index (χ0n) is 15.1. The maximum atomic E-state index is 5.92. The Labute approximate surface area is 173 Å². The Morgan fingerprint density at radius 2 is 1.92 bits per heavy atom. The van der Waals surface area contributed by atoms with E-state index in [0.717, 1.165) is 63.3 Å². The van der Waals surface area contributed by atoms with Crippen LogP contribution in [0.1, 0.15) is 19.4 Å². The third-order valence-corrected chi connectivity index (χ3v) is 4.40. The van der Waals surface area contributed by atoms with Crippen LogP contribution < -0.4 is 10.6 Å². The van der Waals surface area contributed by atoms with Crippen LogP contribution in [0.15, 0.2) is 29.3 Å². The molecule has 2 rings (SSSR count). The maximum Gasteiger partial charge on any atom is 0.191 e. The lowest BCUT2D eigenvalue weighted by molar-refractivity contribution is 0.0220. The number of benzene rings is 1. The lowest BCUT2D eigenvalue weighted by Gasteiger charge is -2.31. The first kappa shape index (κ1) is 22.5. The zero-order valence-corrected chi connectivity index (χ0v) is 18.2. The number of aliphatic imine (C=N–C) groups is 1. The summed E-state index contributed by atoms with van der Waals surface area (Å²) in [6.45, 7) is 10.5. The van der Waals surface area contributed by atoms with Gasteiger partial charge < -0.3 is 15.4 Å². The van der Waals surface area contributed by atoms with Gasteiger partial charge in [0.25, 0.3) is 0 Å². The molecule has 1 fully saturated rings. The maximum absolute atomic E-state index is 5.92. The van der Waals surface area contributed by atoms with Crippen molar-refractivity contribution in [2.24, 2.45) is 4.99 Å². The van der Waals surface area contributed by atoms with Crippen molar-refractivity contribution < 1.29 is 4.74 Å². The monoisotopic (exact) mass is 480 g/mol. The third kappa shape index (κ3) is 8.57. The average molecular weight is 481 g/mol. The first-order valence-corrected chi connectivity index (χ1v) is 9.15. The fourth-order valence-corrected chi connectivity index (χ4v) is 2.80. The highest BCUT2D eigenvalue weighted by Crippen LogP contribution is 2.09. The molecular weight excluding hydrogens is 451 g/mol. The van der Waals surface area contributed by atoms with Gasteiger partial charge in [0.2, 0.25) is 0 Å². The van der Waals surface area contributed by atoms with E-state index in [2.05, 4.69) is 41.5 Å². The summed E-state index contributed by atoms with van der Waals surface area (Å²) >= 11 is 5.92. The largest absolute Gasteiger partial charge is 0.379 e. The molecule has 142 valence electrons. The van der Waals surface area contributed by atoms with Gasteiger partial charge >= 0.3 is 0 Å². The van der Waals surface area contributed by atoms with E-state index in [1.54, 1.807) is 0 Å². The first-order chi connectivity index (χ1) is 11.7. The Morgan fingerprint density at radius 3 is 2.56 bits per heavy atom. The van der Waals surface area contributed by atoms with Crippen molar-refractivity contribution in [1.82, 2.24) is 15.5 Å². The molecule has 1 heterocycles. The molecule has 0 saturated carbocycles. The number of nitrogens with zero attached hydrogens (tertiary/aromatic N) is 2. The van der Waals surface area contributed by atoms with Gasteiger partial charge in [0, 0.05) is 37.2 Å². The fourth-order valence-electron chi connectivity index (χ4n) is 2.68. The number of guanidine groups is 1. The standard InChI is InChI=1S/C18H29ClN4O.HI/c1-3-20-18(21-9-8-16-4-6-17(19)7-5-16)22-14-15(2)23-10-12-24-13-11-23;/h4-7,15H,3,8-14H2,1-2H3,(H2,20,21,22);1H. The topological polar surface area (TPSA) is 48.9 Å². The van der Waals surface area contributed by atoms with Crippen molar-refractivity contribution in [1.29, 1.82) is 0 Å². The summed E-state index contributed by atoms with van der Waals surface area (Å²) in [5.41, 5.74) is 1.27. The number of hydrogen-bond donors (Lipinski definition) is 2. The molecule has 0 radical (unpaired) electrons. The van der Waals surface area contributed by atoms with Gasteiger partial charge in [-0.05, 0) is 38.0 Å². The average Bonchev–Trinajstić information content (AvgIpc) is 2.62. The summed E-state index contributed by atoms with van der Waals surface area (Å²) in [6, 6.07) is 8.42. The van der Waals surface area contributed by atoms with Crippen molar-refractivity contribution in [3.8, 4) is 0 Å². The molecule has 7 heteroatoms. The molecule has 0 aliphatic carbocycles. The minimum atomic E-state index is 0. The molecule has 0 spiro atoms. The van der Waals surface area contributed by atoms with Gasteiger partial charge in [-0.3, -0.25) is 9.89 Å². The summed E-state index contributed by atoms with van der Waals surface area (Å²) in [5, 5.41) is 7.49. The highest BCUT2D eigenvalue weighted by atomic mass is 127. The van der Waals surface area contributed by atoms with Gasteiger partial charge in [0.15, 0.2) is 5.96 Å². The molecule has 0 aromatic heterocycles. The van der Waals surface area contributed by atoms with Crippen molar-refractivity contribution in [3.63, 3.8) is 0 Å². The first-order valence-electron chi connectivity index (χ1n) is 8.77. The summed E-state index contributed by atoms with van der Waals surface area (Å²) in [5.74, 6) is 0.881. The summed E-state index contributed by atoms with van der Waals surface area (Å²) in [4.78, 5) is 7.16. The molecule has 1 aromatic rings. The predicted octanol–water partition coefficient (Wildman–Crippen LogP) is 2.78. The summed E-state index contributed by atoms with van der Waals surface area (Å²) in [6.07, 6.45) is 0.945. The summed E-state index contributed by atoms with van der Waals surface area (Å²) < 4.78 is 5.41. The second-order valence-corrected chi connectivity index (χ2v) is 6.46. The van der Waals surface area contributed by atoms with E-state index in [1.165, 1.54) is 5.56 Å². The molecule has 1 aliphatic heterocycles. The zero-order chi connectivity index (χ0) is 17.2. The minimum absolute atomic E-state index is 0. The van der Waals surface area contributed by atoms with Crippen molar-refractivity contribution >= 4 is 41.5 Å². The number of rotatable bonds is 7. The van der Waals surface area contributed by atoms with Crippen LogP contribution in [0, 0.1) is 0 Å². The Balaban J connectivity index is 0.00000312. The predicted molar refractivity (Wildman–Crippen MR) is 116 cm³/mol. The Morgan fingerprint density at radius 1 is 1.24 bits per heavy atom. The number of ether oxygens (including phenoxy) is 1. The minimum Gasteiger partial charge on any atom is -0.379 e.